The molecule has 1 saturated heterocycles. The summed E-state index contributed by atoms with van der Waals surface area (Å²) < 4.78 is 55.3. The second-order valence-electron chi connectivity index (χ2n) is 7.61. The van der Waals surface area contributed by atoms with Crippen LogP contribution in [0, 0.1) is 17.7 Å². The van der Waals surface area contributed by atoms with Gasteiger partial charge in [-0.1, -0.05) is 12.1 Å². The summed E-state index contributed by atoms with van der Waals surface area (Å²) in [6.07, 6.45) is -0.898. The van der Waals surface area contributed by atoms with Gasteiger partial charge in [0.1, 0.15) is 22.8 Å². The minimum atomic E-state index is -4.46. The summed E-state index contributed by atoms with van der Waals surface area (Å²) in [5.41, 5.74) is 0.253. The van der Waals surface area contributed by atoms with Crippen molar-refractivity contribution in [2.24, 2.45) is 11.8 Å². The monoisotopic (exact) mass is 390 g/mol. The Morgan fingerprint density at radius 3 is 2.64 bits per heavy atom. The number of rotatable bonds is 2. The first-order valence-corrected chi connectivity index (χ1v) is 9.32. The van der Waals surface area contributed by atoms with E-state index in [9.17, 15) is 17.6 Å². The fourth-order valence-corrected chi connectivity index (χ4v) is 4.82. The summed E-state index contributed by atoms with van der Waals surface area (Å²) in [5.74, 6) is 0.636. The summed E-state index contributed by atoms with van der Waals surface area (Å²) >= 11 is 0. The van der Waals surface area contributed by atoms with Crippen LogP contribution < -0.4 is 4.90 Å². The number of nitrogens with zero attached hydrogens (tertiary/aromatic N) is 4. The van der Waals surface area contributed by atoms with Gasteiger partial charge in [0, 0.05) is 25.0 Å². The number of hydrogen-bond acceptors (Lipinski definition) is 3. The van der Waals surface area contributed by atoms with Gasteiger partial charge in [0.2, 0.25) is 0 Å². The number of fused-ring (bicyclic) bond motifs is 2. The van der Waals surface area contributed by atoms with Crippen LogP contribution in [0.4, 0.5) is 23.4 Å². The fraction of sp³-hybridized carbons (Fsp3) is 0.400. The molecule has 5 rings (SSSR count). The average Bonchev–Trinajstić information content (AvgIpc) is 3.35. The van der Waals surface area contributed by atoms with E-state index in [4.69, 9.17) is 0 Å². The molecular weight excluding hydrogens is 372 g/mol. The minimum Gasteiger partial charge on any atom is -0.356 e. The number of aromatic nitrogens is 3. The molecule has 0 bridgehead atoms. The van der Waals surface area contributed by atoms with Crippen molar-refractivity contribution in [2.45, 2.75) is 25.1 Å². The molecule has 2 aromatic heterocycles. The largest absolute Gasteiger partial charge is 0.433 e. The SMILES string of the molecule is Fc1cccc2ncn([C@H]3CC[C@@H]4CN(c5cccc(C(F)(F)F)n5)C[C@@H]43)c12. The van der Waals surface area contributed by atoms with Gasteiger partial charge in [-0.15, -0.1) is 0 Å². The number of halogens is 4. The van der Waals surface area contributed by atoms with E-state index < -0.39 is 11.9 Å². The zero-order chi connectivity index (χ0) is 19.5. The Morgan fingerprint density at radius 2 is 1.82 bits per heavy atom. The van der Waals surface area contributed by atoms with Gasteiger partial charge < -0.3 is 9.47 Å². The molecule has 3 aromatic rings. The molecule has 2 aliphatic rings. The van der Waals surface area contributed by atoms with Crippen molar-refractivity contribution in [1.82, 2.24) is 14.5 Å². The third-order valence-electron chi connectivity index (χ3n) is 6.07. The van der Waals surface area contributed by atoms with Gasteiger partial charge in [-0.25, -0.2) is 14.4 Å². The molecular formula is C20H18F4N4. The smallest absolute Gasteiger partial charge is 0.356 e. The van der Waals surface area contributed by atoms with E-state index in [-0.39, 0.29) is 17.8 Å². The fourth-order valence-electron chi connectivity index (χ4n) is 4.82. The summed E-state index contributed by atoms with van der Waals surface area (Å²) in [7, 11) is 0. The Balaban J connectivity index is 1.44. The maximum Gasteiger partial charge on any atom is 0.433 e. The number of para-hydroxylation sites is 1. The first-order valence-electron chi connectivity index (χ1n) is 9.32. The zero-order valence-corrected chi connectivity index (χ0v) is 14.9. The summed E-state index contributed by atoms with van der Waals surface area (Å²) in [4.78, 5) is 10.1. The van der Waals surface area contributed by atoms with Crippen LogP contribution in [-0.2, 0) is 6.18 Å². The third-order valence-corrected chi connectivity index (χ3v) is 6.07. The molecule has 0 radical (unpaired) electrons. The average molecular weight is 390 g/mol. The summed E-state index contributed by atoms with van der Waals surface area (Å²) in [6.45, 7) is 1.28. The molecule has 28 heavy (non-hydrogen) atoms. The van der Waals surface area contributed by atoms with E-state index in [1.54, 1.807) is 24.5 Å². The maximum absolute atomic E-state index is 14.4. The highest BCUT2D eigenvalue weighted by Gasteiger charge is 2.44. The van der Waals surface area contributed by atoms with Crippen molar-refractivity contribution in [3.8, 4) is 0 Å². The van der Waals surface area contributed by atoms with Crippen LogP contribution in [0.3, 0.4) is 0 Å². The second-order valence-corrected chi connectivity index (χ2v) is 7.61. The second kappa shape index (κ2) is 6.18. The lowest BCUT2D eigenvalue weighted by molar-refractivity contribution is -0.141. The van der Waals surface area contributed by atoms with Crippen LogP contribution in [0.25, 0.3) is 11.0 Å². The topological polar surface area (TPSA) is 34.0 Å². The number of anilines is 1. The van der Waals surface area contributed by atoms with Crippen LogP contribution in [0.15, 0.2) is 42.7 Å². The van der Waals surface area contributed by atoms with Gasteiger partial charge in [0.15, 0.2) is 0 Å². The van der Waals surface area contributed by atoms with E-state index >= 15 is 0 Å². The standard InChI is InChI=1S/C20H18F4N4/c21-14-3-1-4-15-19(14)28(11-25-15)16-8-7-12-9-27(10-13(12)16)18-6-2-5-17(26-18)20(22,23)24/h1-6,11-13,16H,7-10H2/t12-,13+,16+/m1/s1. The summed E-state index contributed by atoms with van der Waals surface area (Å²) in [5, 5.41) is 0. The van der Waals surface area contributed by atoms with E-state index in [1.165, 1.54) is 12.1 Å². The molecule has 0 N–H and O–H groups in total. The first-order chi connectivity index (χ1) is 13.4. The highest BCUT2D eigenvalue weighted by Crippen LogP contribution is 2.47. The van der Waals surface area contributed by atoms with Crippen molar-refractivity contribution >= 4 is 16.9 Å². The van der Waals surface area contributed by atoms with Gasteiger partial charge in [-0.2, -0.15) is 13.2 Å². The Hall–Kier alpha value is -2.64. The Kier molecular flexibility index (Phi) is 3.86. The molecule has 8 heteroatoms. The lowest BCUT2D eigenvalue weighted by Gasteiger charge is -2.23. The van der Waals surface area contributed by atoms with Crippen molar-refractivity contribution in [3.63, 3.8) is 0 Å². The molecule has 1 aliphatic carbocycles. The minimum absolute atomic E-state index is 0.0858. The molecule has 4 nitrogen and oxygen atoms in total. The number of pyridine rings is 1. The molecule has 1 aliphatic heterocycles. The van der Waals surface area contributed by atoms with Gasteiger partial charge in [-0.05, 0) is 43.0 Å². The maximum atomic E-state index is 14.4. The predicted molar refractivity (Wildman–Crippen MR) is 96.4 cm³/mol. The Labute approximate surface area is 158 Å². The molecule has 0 amide bonds. The number of imidazole rings is 1. The summed E-state index contributed by atoms with van der Waals surface area (Å²) in [6, 6.07) is 8.96. The highest BCUT2D eigenvalue weighted by molar-refractivity contribution is 5.76. The van der Waals surface area contributed by atoms with Crippen LogP contribution >= 0.6 is 0 Å². The lowest BCUT2D eigenvalue weighted by atomic mass is 9.97. The van der Waals surface area contributed by atoms with Crippen molar-refractivity contribution in [1.29, 1.82) is 0 Å². The predicted octanol–water partition coefficient (Wildman–Crippen LogP) is 4.68. The van der Waals surface area contributed by atoms with Gasteiger partial charge in [-0.3, -0.25) is 0 Å². The molecule has 3 heterocycles. The normalized spacial score (nSPS) is 24.9. The van der Waals surface area contributed by atoms with Crippen molar-refractivity contribution in [3.05, 3.63) is 54.2 Å². The van der Waals surface area contributed by atoms with E-state index in [2.05, 4.69) is 9.97 Å². The molecule has 3 atom stereocenters. The molecule has 2 fully saturated rings. The van der Waals surface area contributed by atoms with Crippen LogP contribution in [0.1, 0.15) is 24.6 Å². The third kappa shape index (κ3) is 2.73. The molecule has 146 valence electrons. The highest BCUT2D eigenvalue weighted by atomic mass is 19.4. The number of hydrogen-bond donors (Lipinski definition) is 0. The number of alkyl halides is 3. The van der Waals surface area contributed by atoms with Crippen LogP contribution in [-0.4, -0.2) is 27.6 Å². The van der Waals surface area contributed by atoms with Crippen LogP contribution in [0.2, 0.25) is 0 Å². The van der Waals surface area contributed by atoms with Gasteiger partial charge in [0.05, 0.1) is 11.8 Å². The molecule has 1 aromatic carbocycles. The zero-order valence-electron chi connectivity index (χ0n) is 14.9. The first kappa shape index (κ1) is 17.5. The quantitative estimate of drug-likeness (QED) is 0.596. The lowest BCUT2D eigenvalue weighted by Crippen LogP contribution is -2.25. The van der Waals surface area contributed by atoms with E-state index in [1.807, 2.05) is 9.47 Å². The van der Waals surface area contributed by atoms with Crippen molar-refractivity contribution in [2.75, 3.05) is 18.0 Å². The Morgan fingerprint density at radius 1 is 1.00 bits per heavy atom. The van der Waals surface area contributed by atoms with E-state index in [0.29, 0.717) is 35.9 Å². The Bertz CT molecular complexity index is 1030. The van der Waals surface area contributed by atoms with Gasteiger partial charge >= 0.3 is 6.18 Å². The molecule has 0 spiro atoms. The van der Waals surface area contributed by atoms with Crippen molar-refractivity contribution < 1.29 is 17.6 Å². The van der Waals surface area contributed by atoms with E-state index in [0.717, 1.165) is 18.9 Å². The molecule has 0 unspecified atom stereocenters. The number of benzene rings is 1. The van der Waals surface area contributed by atoms with Crippen LogP contribution in [0.5, 0.6) is 0 Å². The molecule has 1 saturated carbocycles. The van der Waals surface area contributed by atoms with Gasteiger partial charge in [0.25, 0.3) is 0 Å².